The number of anilines is 2. The van der Waals surface area contributed by atoms with E-state index >= 15 is 0 Å². The number of carbonyl (C=O) groups excluding carboxylic acids is 1. The molecule has 2 aliphatic heterocycles. The highest BCUT2D eigenvalue weighted by Gasteiger charge is 2.30. The van der Waals surface area contributed by atoms with Crippen LogP contribution in [0.1, 0.15) is 42.9 Å². The summed E-state index contributed by atoms with van der Waals surface area (Å²) in [5.74, 6) is 0.556. The Hall–Kier alpha value is -2.96. The van der Waals surface area contributed by atoms with E-state index in [0.717, 1.165) is 42.8 Å². The van der Waals surface area contributed by atoms with Crippen molar-refractivity contribution in [2.45, 2.75) is 38.1 Å². The number of hydrogen-bond donors (Lipinski definition) is 1. The Morgan fingerprint density at radius 3 is 3.04 bits per heavy atom. The number of nitrogens with zero attached hydrogens (tertiary/aromatic N) is 4. The number of halogens is 1. The highest BCUT2D eigenvalue weighted by molar-refractivity contribution is 5.94. The maximum absolute atomic E-state index is 14.0. The summed E-state index contributed by atoms with van der Waals surface area (Å²) >= 11 is 0. The van der Waals surface area contributed by atoms with E-state index in [2.05, 4.69) is 15.3 Å². The molecule has 4 heterocycles. The summed E-state index contributed by atoms with van der Waals surface area (Å²) in [5, 5.41) is 7.20. The standard InChI is InChI=1S/C20H20FN5O/c21-14-7-6-13-3-1-5-19(27)23-16-12-22-26-10-8-18(24-20(16)26)25-9-2-4-17(25)15(13)11-14/h6-8,10-12,17H,1-5,9H2,(H,23,27)/t17-/m1/s1. The van der Waals surface area contributed by atoms with Gasteiger partial charge in [0, 0.05) is 19.2 Å². The molecule has 3 aromatic rings. The van der Waals surface area contributed by atoms with Crippen LogP contribution in [0, 0.1) is 5.82 Å². The highest BCUT2D eigenvalue weighted by Crippen LogP contribution is 2.38. The number of rotatable bonds is 0. The molecule has 1 aromatic carbocycles. The summed E-state index contributed by atoms with van der Waals surface area (Å²) in [6.45, 7) is 0.875. The molecule has 2 bridgehead atoms. The van der Waals surface area contributed by atoms with Crippen molar-refractivity contribution >= 4 is 23.1 Å². The minimum absolute atomic E-state index is 0.0551. The molecule has 7 heteroatoms. The molecular weight excluding hydrogens is 345 g/mol. The van der Waals surface area contributed by atoms with Crippen LogP contribution >= 0.6 is 0 Å². The number of benzene rings is 1. The maximum Gasteiger partial charge on any atom is 0.224 e. The zero-order valence-corrected chi connectivity index (χ0v) is 14.9. The van der Waals surface area contributed by atoms with Gasteiger partial charge in [0.05, 0.1) is 12.2 Å². The molecule has 1 atom stereocenters. The molecule has 2 aromatic heterocycles. The lowest BCUT2D eigenvalue weighted by Crippen LogP contribution is -2.24. The van der Waals surface area contributed by atoms with Crippen LogP contribution in [0.3, 0.4) is 0 Å². The molecular formula is C20H20FN5O. The Kier molecular flexibility index (Phi) is 3.81. The van der Waals surface area contributed by atoms with Gasteiger partial charge >= 0.3 is 0 Å². The molecule has 138 valence electrons. The Labute approximate surface area is 156 Å². The molecule has 6 nitrogen and oxygen atoms in total. The van der Waals surface area contributed by atoms with Gasteiger partial charge in [0.2, 0.25) is 5.91 Å². The van der Waals surface area contributed by atoms with Crippen molar-refractivity contribution < 1.29 is 9.18 Å². The van der Waals surface area contributed by atoms with Crippen LogP contribution in [0.5, 0.6) is 0 Å². The first kappa shape index (κ1) is 16.2. The topological polar surface area (TPSA) is 62.5 Å². The fourth-order valence-corrected chi connectivity index (χ4v) is 4.23. The summed E-state index contributed by atoms with van der Waals surface area (Å²) in [7, 11) is 0. The van der Waals surface area contributed by atoms with Crippen molar-refractivity contribution in [2.24, 2.45) is 0 Å². The predicted molar refractivity (Wildman–Crippen MR) is 100 cm³/mol. The third-order valence-corrected chi connectivity index (χ3v) is 5.49. The Balaban J connectivity index is 1.67. The number of amides is 1. The van der Waals surface area contributed by atoms with Crippen molar-refractivity contribution in [3.05, 3.63) is 53.6 Å². The van der Waals surface area contributed by atoms with Gasteiger partial charge in [-0.2, -0.15) is 5.10 Å². The second-order valence-corrected chi connectivity index (χ2v) is 7.21. The molecule has 0 saturated carbocycles. The minimum atomic E-state index is -0.218. The second-order valence-electron chi connectivity index (χ2n) is 7.21. The number of aromatic nitrogens is 3. The van der Waals surface area contributed by atoms with Gasteiger partial charge in [-0.3, -0.25) is 4.79 Å². The SMILES string of the molecule is O=C1CCCc2ccc(F)cc2[C@H]2CCCN2c2ccn3ncc(c3n2)N1. The van der Waals surface area contributed by atoms with Crippen molar-refractivity contribution in [2.75, 3.05) is 16.8 Å². The van der Waals surface area contributed by atoms with E-state index in [4.69, 9.17) is 4.98 Å². The Bertz CT molecular complexity index is 1030. The number of hydrogen-bond acceptors (Lipinski definition) is 4. The van der Waals surface area contributed by atoms with Gasteiger partial charge in [-0.1, -0.05) is 6.07 Å². The van der Waals surface area contributed by atoms with Crippen molar-refractivity contribution in [3.8, 4) is 0 Å². The first-order valence-corrected chi connectivity index (χ1v) is 9.38. The third kappa shape index (κ3) is 2.83. The van der Waals surface area contributed by atoms with Gasteiger partial charge in [-0.15, -0.1) is 0 Å². The summed E-state index contributed by atoms with van der Waals surface area (Å²) in [5.41, 5.74) is 3.39. The quantitative estimate of drug-likeness (QED) is 0.662. The average Bonchev–Trinajstić information content (AvgIpc) is 3.29. The first-order chi connectivity index (χ1) is 13.2. The van der Waals surface area contributed by atoms with E-state index in [1.54, 1.807) is 16.8 Å². The molecule has 27 heavy (non-hydrogen) atoms. The van der Waals surface area contributed by atoms with Crippen molar-refractivity contribution in [1.29, 1.82) is 0 Å². The lowest BCUT2D eigenvalue weighted by molar-refractivity contribution is -0.116. The lowest BCUT2D eigenvalue weighted by atomic mass is 9.94. The molecule has 1 amide bonds. The monoisotopic (exact) mass is 365 g/mol. The van der Waals surface area contributed by atoms with E-state index in [1.807, 2.05) is 18.3 Å². The molecule has 0 aliphatic carbocycles. The summed E-state index contributed by atoms with van der Waals surface area (Å²) in [6.07, 6.45) is 7.36. The molecule has 0 radical (unpaired) electrons. The van der Waals surface area contributed by atoms with Crippen LogP contribution in [0.25, 0.3) is 5.65 Å². The van der Waals surface area contributed by atoms with E-state index in [1.165, 1.54) is 6.07 Å². The third-order valence-electron chi connectivity index (χ3n) is 5.49. The van der Waals surface area contributed by atoms with Crippen LogP contribution in [0.15, 0.2) is 36.7 Å². The lowest BCUT2D eigenvalue weighted by Gasteiger charge is -2.28. The van der Waals surface area contributed by atoms with Crippen molar-refractivity contribution in [3.63, 3.8) is 0 Å². The minimum Gasteiger partial charge on any atom is -0.349 e. The predicted octanol–water partition coefficient (Wildman–Crippen LogP) is 3.48. The second kappa shape index (κ2) is 6.33. The number of aryl methyl sites for hydroxylation is 1. The molecule has 0 spiro atoms. The van der Waals surface area contributed by atoms with Gasteiger partial charge in [0.1, 0.15) is 17.3 Å². The number of carbonyl (C=O) groups is 1. The molecule has 1 fully saturated rings. The summed E-state index contributed by atoms with van der Waals surface area (Å²) < 4.78 is 15.7. The fourth-order valence-electron chi connectivity index (χ4n) is 4.23. The molecule has 2 aliphatic rings. The van der Waals surface area contributed by atoms with E-state index < -0.39 is 0 Å². The first-order valence-electron chi connectivity index (χ1n) is 9.38. The zero-order valence-electron chi connectivity index (χ0n) is 14.9. The molecule has 1 saturated heterocycles. The Morgan fingerprint density at radius 1 is 1.19 bits per heavy atom. The van der Waals surface area contributed by atoms with Crippen molar-refractivity contribution in [1.82, 2.24) is 14.6 Å². The van der Waals surface area contributed by atoms with Crippen LogP contribution in [0.4, 0.5) is 15.9 Å². The highest BCUT2D eigenvalue weighted by atomic mass is 19.1. The number of fused-ring (bicyclic) bond motifs is 5. The van der Waals surface area contributed by atoms with Gasteiger partial charge in [-0.25, -0.2) is 13.9 Å². The van der Waals surface area contributed by atoms with Crippen LogP contribution in [-0.2, 0) is 11.2 Å². The van der Waals surface area contributed by atoms with Gasteiger partial charge < -0.3 is 10.2 Å². The van der Waals surface area contributed by atoms with Crippen LogP contribution in [0.2, 0.25) is 0 Å². The number of nitrogens with one attached hydrogen (secondary N) is 1. The molecule has 5 rings (SSSR count). The molecule has 0 unspecified atom stereocenters. The average molecular weight is 365 g/mol. The van der Waals surface area contributed by atoms with Gasteiger partial charge in [0.25, 0.3) is 0 Å². The van der Waals surface area contributed by atoms with E-state index in [0.29, 0.717) is 24.2 Å². The van der Waals surface area contributed by atoms with E-state index in [-0.39, 0.29) is 17.8 Å². The van der Waals surface area contributed by atoms with Crippen LogP contribution in [-0.4, -0.2) is 27.0 Å². The Morgan fingerprint density at radius 2 is 2.11 bits per heavy atom. The smallest absolute Gasteiger partial charge is 0.224 e. The summed E-state index contributed by atoms with van der Waals surface area (Å²) in [4.78, 5) is 19.3. The normalized spacial score (nSPS) is 19.8. The summed E-state index contributed by atoms with van der Waals surface area (Å²) in [6, 6.07) is 7.06. The van der Waals surface area contributed by atoms with Gasteiger partial charge in [0.15, 0.2) is 5.65 Å². The maximum atomic E-state index is 14.0. The molecule has 1 N–H and O–H groups in total. The largest absolute Gasteiger partial charge is 0.349 e. The zero-order chi connectivity index (χ0) is 18.4. The van der Waals surface area contributed by atoms with Gasteiger partial charge in [-0.05, 0) is 55.0 Å². The van der Waals surface area contributed by atoms with E-state index in [9.17, 15) is 9.18 Å². The fraction of sp³-hybridized carbons (Fsp3) is 0.350. The van der Waals surface area contributed by atoms with Crippen LogP contribution < -0.4 is 10.2 Å².